The zero-order chi connectivity index (χ0) is 10.5. The molecule has 80 valence electrons. The normalized spacial score (nSPS) is 10.7. The van der Waals surface area contributed by atoms with Gasteiger partial charge in [0.25, 0.3) is 0 Å². The maximum atomic E-state index is 5.26. The van der Waals surface area contributed by atoms with E-state index in [9.17, 15) is 0 Å². The molecule has 0 fully saturated rings. The third-order valence-electron chi connectivity index (χ3n) is 1.82. The summed E-state index contributed by atoms with van der Waals surface area (Å²) in [6.45, 7) is 2.70. The summed E-state index contributed by atoms with van der Waals surface area (Å²) in [6, 6.07) is 1.92. The van der Waals surface area contributed by atoms with Crippen LogP contribution in [0.4, 0.5) is 0 Å². The van der Waals surface area contributed by atoms with Crippen molar-refractivity contribution in [1.82, 2.24) is 20.0 Å². The van der Waals surface area contributed by atoms with Crippen LogP contribution in [0.5, 0.6) is 0 Å². The molecule has 0 amide bonds. The van der Waals surface area contributed by atoms with Crippen molar-refractivity contribution in [2.45, 2.75) is 19.2 Å². The molecule has 2 aromatic heterocycles. The molecule has 0 N–H and O–H groups in total. The third-order valence-corrected chi connectivity index (χ3v) is 2.74. The Kier molecular flexibility index (Phi) is 3.39. The van der Waals surface area contributed by atoms with E-state index < -0.39 is 0 Å². The molecule has 2 aromatic rings. The van der Waals surface area contributed by atoms with Gasteiger partial charge in [0.2, 0.25) is 11.8 Å². The summed E-state index contributed by atoms with van der Waals surface area (Å²) >= 11 is 1.76. The van der Waals surface area contributed by atoms with Crippen molar-refractivity contribution in [3.05, 3.63) is 30.2 Å². The molecule has 0 aliphatic rings. The highest BCUT2D eigenvalue weighted by Gasteiger charge is 2.01. The lowest BCUT2D eigenvalue weighted by atomic mass is 10.7. The van der Waals surface area contributed by atoms with Gasteiger partial charge in [0, 0.05) is 31.6 Å². The zero-order valence-electron chi connectivity index (χ0n) is 8.46. The smallest absolute Gasteiger partial charge is 0.226 e. The van der Waals surface area contributed by atoms with Crippen LogP contribution in [-0.2, 0) is 12.3 Å². The fourth-order valence-electron chi connectivity index (χ4n) is 1.15. The molecule has 0 aliphatic heterocycles. The molecule has 0 aliphatic carbocycles. The van der Waals surface area contributed by atoms with Crippen LogP contribution in [0.3, 0.4) is 0 Å². The lowest BCUT2D eigenvalue weighted by Crippen LogP contribution is -2.00. The van der Waals surface area contributed by atoms with Crippen LogP contribution in [-0.4, -0.2) is 25.7 Å². The molecule has 0 saturated carbocycles. The Morgan fingerprint density at radius 2 is 2.40 bits per heavy atom. The van der Waals surface area contributed by atoms with Crippen molar-refractivity contribution < 1.29 is 4.42 Å². The molecule has 0 saturated heterocycles. The minimum Gasteiger partial charge on any atom is -0.425 e. The van der Waals surface area contributed by atoms with E-state index in [4.69, 9.17) is 4.42 Å². The van der Waals surface area contributed by atoms with E-state index >= 15 is 0 Å². The number of rotatable bonds is 5. The van der Waals surface area contributed by atoms with E-state index in [1.165, 1.54) is 0 Å². The van der Waals surface area contributed by atoms with Gasteiger partial charge >= 0.3 is 0 Å². The summed E-state index contributed by atoms with van der Waals surface area (Å²) < 4.78 is 7.16. The van der Waals surface area contributed by atoms with Gasteiger partial charge in [-0.15, -0.1) is 10.2 Å². The van der Waals surface area contributed by atoms with Crippen LogP contribution in [0, 0.1) is 6.92 Å². The molecule has 0 atom stereocenters. The summed E-state index contributed by atoms with van der Waals surface area (Å²) in [7, 11) is 0. The molecule has 0 spiro atoms. The first kappa shape index (κ1) is 10.2. The molecule has 0 bridgehead atoms. The maximum absolute atomic E-state index is 5.26. The van der Waals surface area contributed by atoms with E-state index in [1.807, 2.05) is 16.9 Å². The first-order valence-electron chi connectivity index (χ1n) is 4.69. The number of hydrogen-bond donors (Lipinski definition) is 0. The minimum atomic E-state index is 0.623. The van der Waals surface area contributed by atoms with Gasteiger partial charge in [-0.25, -0.2) is 0 Å². The van der Waals surface area contributed by atoms with Crippen LogP contribution < -0.4 is 0 Å². The summed E-state index contributed by atoms with van der Waals surface area (Å²) in [5.74, 6) is 3.07. The average Bonchev–Trinajstić information content (AvgIpc) is 2.84. The molecular weight excluding hydrogens is 212 g/mol. The second-order valence-electron chi connectivity index (χ2n) is 3.04. The van der Waals surface area contributed by atoms with Crippen LogP contribution in [0.1, 0.15) is 11.8 Å². The second-order valence-corrected chi connectivity index (χ2v) is 4.14. The van der Waals surface area contributed by atoms with Gasteiger partial charge in [0.15, 0.2) is 0 Å². The van der Waals surface area contributed by atoms with Crippen LogP contribution in [0.15, 0.2) is 22.9 Å². The Bertz CT molecular complexity index is 398. The van der Waals surface area contributed by atoms with E-state index in [2.05, 4.69) is 15.3 Å². The highest BCUT2D eigenvalue weighted by Crippen LogP contribution is 2.10. The fraction of sp³-hybridized carbons (Fsp3) is 0.444. The number of aromatic nitrogens is 4. The van der Waals surface area contributed by atoms with Crippen molar-refractivity contribution in [3.8, 4) is 0 Å². The molecule has 5 nitrogen and oxygen atoms in total. The van der Waals surface area contributed by atoms with Gasteiger partial charge in [-0.1, -0.05) is 0 Å². The van der Waals surface area contributed by atoms with Crippen molar-refractivity contribution in [1.29, 1.82) is 0 Å². The highest BCUT2D eigenvalue weighted by atomic mass is 32.2. The minimum absolute atomic E-state index is 0.623. The SMILES string of the molecule is Cc1nnc(CSCCn2cccn2)o1. The van der Waals surface area contributed by atoms with E-state index in [0.717, 1.165) is 18.1 Å². The summed E-state index contributed by atoms with van der Waals surface area (Å²) in [4.78, 5) is 0. The van der Waals surface area contributed by atoms with Crippen molar-refractivity contribution in [2.75, 3.05) is 5.75 Å². The Balaban J connectivity index is 1.67. The molecule has 0 unspecified atom stereocenters. The topological polar surface area (TPSA) is 56.7 Å². The second kappa shape index (κ2) is 4.97. The number of nitrogens with zero attached hydrogens (tertiary/aromatic N) is 4. The predicted octanol–water partition coefficient (Wildman–Crippen LogP) is 1.51. The monoisotopic (exact) mass is 224 g/mol. The zero-order valence-corrected chi connectivity index (χ0v) is 9.28. The Morgan fingerprint density at radius 3 is 3.07 bits per heavy atom. The van der Waals surface area contributed by atoms with Crippen LogP contribution in [0.2, 0.25) is 0 Å². The van der Waals surface area contributed by atoms with Gasteiger partial charge in [0.05, 0.1) is 5.75 Å². The lowest BCUT2D eigenvalue weighted by Gasteiger charge is -1.99. The molecule has 6 heteroatoms. The molecule has 0 aromatic carbocycles. The largest absolute Gasteiger partial charge is 0.425 e. The standard InChI is InChI=1S/C9H12N4OS/c1-8-11-12-9(14-8)7-15-6-5-13-4-2-3-10-13/h2-4H,5-7H2,1H3. The predicted molar refractivity (Wildman–Crippen MR) is 57.4 cm³/mol. The Morgan fingerprint density at radius 1 is 1.47 bits per heavy atom. The fourth-order valence-corrected chi connectivity index (χ4v) is 1.90. The Labute approximate surface area is 91.9 Å². The Hall–Kier alpha value is -1.30. The molecule has 15 heavy (non-hydrogen) atoms. The van der Waals surface area contributed by atoms with Gasteiger partial charge in [-0.3, -0.25) is 4.68 Å². The quantitative estimate of drug-likeness (QED) is 0.720. The number of hydrogen-bond acceptors (Lipinski definition) is 5. The maximum Gasteiger partial charge on any atom is 0.226 e. The van der Waals surface area contributed by atoms with Crippen molar-refractivity contribution >= 4 is 11.8 Å². The van der Waals surface area contributed by atoms with E-state index in [1.54, 1.807) is 24.9 Å². The highest BCUT2D eigenvalue weighted by molar-refractivity contribution is 7.98. The van der Waals surface area contributed by atoms with Gasteiger partial charge in [-0.2, -0.15) is 16.9 Å². The number of thioether (sulfide) groups is 1. The molecule has 0 radical (unpaired) electrons. The lowest BCUT2D eigenvalue weighted by molar-refractivity contribution is 0.485. The van der Waals surface area contributed by atoms with Gasteiger partial charge in [-0.05, 0) is 6.07 Å². The van der Waals surface area contributed by atoms with E-state index in [0.29, 0.717) is 11.8 Å². The molecular formula is C9H12N4OS. The number of aryl methyl sites for hydroxylation is 2. The van der Waals surface area contributed by atoms with Crippen molar-refractivity contribution in [3.63, 3.8) is 0 Å². The van der Waals surface area contributed by atoms with Crippen molar-refractivity contribution in [2.24, 2.45) is 0 Å². The molecule has 2 heterocycles. The third kappa shape index (κ3) is 3.09. The summed E-state index contributed by atoms with van der Waals surface area (Å²) in [5.41, 5.74) is 0. The first-order chi connectivity index (χ1) is 7.34. The first-order valence-corrected chi connectivity index (χ1v) is 5.84. The van der Waals surface area contributed by atoms with Crippen LogP contribution >= 0.6 is 11.8 Å². The van der Waals surface area contributed by atoms with Gasteiger partial charge in [0.1, 0.15) is 0 Å². The van der Waals surface area contributed by atoms with Crippen LogP contribution in [0.25, 0.3) is 0 Å². The summed E-state index contributed by atoms with van der Waals surface area (Å²) in [6.07, 6.45) is 3.74. The summed E-state index contributed by atoms with van der Waals surface area (Å²) in [5, 5.41) is 11.8. The molecule has 2 rings (SSSR count). The van der Waals surface area contributed by atoms with Gasteiger partial charge < -0.3 is 4.42 Å². The average molecular weight is 224 g/mol. The van der Waals surface area contributed by atoms with E-state index in [-0.39, 0.29) is 0 Å².